The molecule has 2 aromatic rings. The highest BCUT2D eigenvalue weighted by molar-refractivity contribution is 5.95. The van der Waals surface area contributed by atoms with Crippen molar-refractivity contribution < 1.29 is 4.79 Å². The van der Waals surface area contributed by atoms with Crippen molar-refractivity contribution in [2.45, 2.75) is 51.0 Å². The molecule has 5 heteroatoms. The van der Waals surface area contributed by atoms with Gasteiger partial charge in [0.1, 0.15) is 0 Å². The fourth-order valence-corrected chi connectivity index (χ4v) is 3.94. The van der Waals surface area contributed by atoms with E-state index in [-0.39, 0.29) is 5.91 Å². The van der Waals surface area contributed by atoms with Crippen molar-refractivity contribution in [2.75, 3.05) is 18.0 Å². The number of benzene rings is 1. The van der Waals surface area contributed by atoms with Crippen molar-refractivity contribution in [1.82, 2.24) is 15.3 Å². The molecule has 0 radical (unpaired) electrons. The fraction of sp³-hybridized carbons (Fsp3) is 0.476. The highest BCUT2D eigenvalue weighted by Gasteiger charge is 2.25. The van der Waals surface area contributed by atoms with Crippen LogP contribution in [0.15, 0.2) is 24.3 Å². The van der Waals surface area contributed by atoms with Gasteiger partial charge in [-0.15, -0.1) is 0 Å². The molecule has 134 valence electrons. The van der Waals surface area contributed by atoms with Crippen LogP contribution in [0, 0.1) is 0 Å². The van der Waals surface area contributed by atoms with E-state index in [2.05, 4.69) is 16.3 Å². The zero-order chi connectivity index (χ0) is 17.5. The number of fused-ring (bicyclic) bond motifs is 1. The molecule has 0 unspecified atom stereocenters. The number of amides is 1. The molecule has 1 N–H and O–H groups in total. The topological polar surface area (TPSA) is 58.1 Å². The molecule has 5 nitrogen and oxygen atoms in total. The standard InChI is InChI=1S/C21H24N4O/c26-20(22-16-7-2-8-16)15-6-1-5-14(13-15)19-17-9-3-10-18(17)23-21(24-19)25-11-4-12-25/h1,5-6,13,16H,2-4,7-12H2,(H,22,26). The van der Waals surface area contributed by atoms with E-state index >= 15 is 0 Å². The number of aryl methyl sites for hydroxylation is 1. The summed E-state index contributed by atoms with van der Waals surface area (Å²) in [5, 5.41) is 3.13. The van der Waals surface area contributed by atoms with Gasteiger partial charge >= 0.3 is 0 Å². The summed E-state index contributed by atoms with van der Waals surface area (Å²) in [7, 11) is 0. The summed E-state index contributed by atoms with van der Waals surface area (Å²) in [6.45, 7) is 2.09. The Hall–Kier alpha value is -2.43. The van der Waals surface area contributed by atoms with Crippen molar-refractivity contribution in [1.29, 1.82) is 0 Å². The van der Waals surface area contributed by atoms with Gasteiger partial charge in [0, 0.05) is 41.5 Å². The minimum absolute atomic E-state index is 0.0326. The number of nitrogens with zero attached hydrogens (tertiary/aromatic N) is 3. The van der Waals surface area contributed by atoms with Gasteiger partial charge < -0.3 is 10.2 Å². The van der Waals surface area contributed by atoms with Crippen LogP contribution in [0.2, 0.25) is 0 Å². The van der Waals surface area contributed by atoms with Crippen LogP contribution in [0.3, 0.4) is 0 Å². The molecule has 2 fully saturated rings. The van der Waals surface area contributed by atoms with Crippen molar-refractivity contribution in [3.05, 3.63) is 41.1 Å². The van der Waals surface area contributed by atoms with E-state index in [1.807, 2.05) is 18.2 Å². The minimum atomic E-state index is 0.0326. The lowest BCUT2D eigenvalue weighted by molar-refractivity contribution is 0.0917. The van der Waals surface area contributed by atoms with E-state index in [1.54, 1.807) is 0 Å². The molecule has 1 aliphatic heterocycles. The maximum Gasteiger partial charge on any atom is 0.251 e. The summed E-state index contributed by atoms with van der Waals surface area (Å²) >= 11 is 0. The summed E-state index contributed by atoms with van der Waals surface area (Å²) in [6, 6.07) is 8.29. The van der Waals surface area contributed by atoms with Gasteiger partial charge in [-0.2, -0.15) is 0 Å². The number of hydrogen-bond acceptors (Lipinski definition) is 4. The molecular formula is C21H24N4O. The maximum atomic E-state index is 12.5. The van der Waals surface area contributed by atoms with Crippen LogP contribution in [0.1, 0.15) is 53.7 Å². The molecule has 1 saturated carbocycles. The number of carbonyl (C=O) groups excluding carboxylic acids is 1. The quantitative estimate of drug-likeness (QED) is 0.922. The average molecular weight is 348 g/mol. The Morgan fingerprint density at radius 3 is 2.69 bits per heavy atom. The van der Waals surface area contributed by atoms with Crippen LogP contribution in [0.25, 0.3) is 11.3 Å². The SMILES string of the molecule is O=C(NC1CCC1)c1cccc(-c2nc(N3CCC3)nc3c2CCC3)c1. The van der Waals surface area contributed by atoms with E-state index < -0.39 is 0 Å². The molecule has 0 bridgehead atoms. The number of hydrogen-bond donors (Lipinski definition) is 1. The first-order valence-electron chi connectivity index (χ1n) is 9.84. The van der Waals surface area contributed by atoms with Gasteiger partial charge in [-0.05, 0) is 57.1 Å². The lowest BCUT2D eigenvalue weighted by Gasteiger charge is -2.31. The van der Waals surface area contributed by atoms with Crippen LogP contribution in [-0.4, -0.2) is 35.0 Å². The number of carbonyl (C=O) groups is 1. The summed E-state index contributed by atoms with van der Waals surface area (Å²) in [5.74, 6) is 0.890. The van der Waals surface area contributed by atoms with Crippen LogP contribution in [-0.2, 0) is 12.8 Å². The number of anilines is 1. The average Bonchev–Trinajstić information content (AvgIpc) is 3.04. The van der Waals surface area contributed by atoms with Gasteiger partial charge in [-0.3, -0.25) is 4.79 Å². The Morgan fingerprint density at radius 2 is 1.96 bits per heavy atom. The molecule has 0 spiro atoms. The Labute approximate surface area is 153 Å². The van der Waals surface area contributed by atoms with Crippen LogP contribution < -0.4 is 10.2 Å². The van der Waals surface area contributed by atoms with Crippen molar-refractivity contribution >= 4 is 11.9 Å². The molecule has 26 heavy (non-hydrogen) atoms. The van der Waals surface area contributed by atoms with Gasteiger partial charge in [0.15, 0.2) is 0 Å². The van der Waals surface area contributed by atoms with E-state index in [4.69, 9.17) is 9.97 Å². The molecule has 3 aliphatic rings. The maximum absolute atomic E-state index is 12.5. The fourth-order valence-electron chi connectivity index (χ4n) is 3.94. The largest absolute Gasteiger partial charge is 0.349 e. The summed E-state index contributed by atoms with van der Waals surface area (Å²) < 4.78 is 0. The Morgan fingerprint density at radius 1 is 1.08 bits per heavy atom. The first-order chi connectivity index (χ1) is 12.8. The van der Waals surface area contributed by atoms with Gasteiger partial charge in [0.25, 0.3) is 5.91 Å². The first kappa shape index (κ1) is 15.8. The molecule has 1 saturated heterocycles. The van der Waals surface area contributed by atoms with Gasteiger partial charge in [0.2, 0.25) is 5.95 Å². The summed E-state index contributed by atoms with van der Waals surface area (Å²) in [4.78, 5) is 24.5. The molecular weight excluding hydrogens is 324 g/mol. The minimum Gasteiger partial charge on any atom is -0.349 e. The normalized spacial score (nSPS) is 18.8. The van der Waals surface area contributed by atoms with Gasteiger partial charge in [-0.25, -0.2) is 9.97 Å². The lowest BCUT2D eigenvalue weighted by atomic mass is 9.93. The Kier molecular flexibility index (Phi) is 3.88. The zero-order valence-electron chi connectivity index (χ0n) is 15.0. The summed E-state index contributed by atoms with van der Waals surface area (Å²) in [6.07, 6.45) is 7.84. The number of nitrogens with one attached hydrogen (secondary N) is 1. The molecule has 2 heterocycles. The first-order valence-corrected chi connectivity index (χ1v) is 9.84. The third kappa shape index (κ3) is 2.75. The highest BCUT2D eigenvalue weighted by atomic mass is 16.1. The second kappa shape index (κ2) is 6.38. The molecule has 1 aromatic carbocycles. The smallest absolute Gasteiger partial charge is 0.251 e. The Bertz CT molecular complexity index is 855. The molecule has 5 rings (SSSR count). The predicted octanol–water partition coefficient (Wildman–Crippen LogP) is 3.12. The number of rotatable bonds is 4. The van der Waals surface area contributed by atoms with Crippen molar-refractivity contribution in [2.24, 2.45) is 0 Å². The van der Waals surface area contributed by atoms with Crippen LogP contribution in [0.4, 0.5) is 5.95 Å². The molecule has 0 atom stereocenters. The van der Waals surface area contributed by atoms with E-state index in [0.717, 1.165) is 68.0 Å². The third-order valence-electron chi connectivity index (χ3n) is 5.90. The van der Waals surface area contributed by atoms with E-state index in [9.17, 15) is 4.79 Å². The van der Waals surface area contributed by atoms with E-state index in [1.165, 1.54) is 24.1 Å². The van der Waals surface area contributed by atoms with E-state index in [0.29, 0.717) is 6.04 Å². The van der Waals surface area contributed by atoms with Crippen LogP contribution >= 0.6 is 0 Å². The van der Waals surface area contributed by atoms with Crippen LogP contribution in [0.5, 0.6) is 0 Å². The monoisotopic (exact) mass is 348 g/mol. The summed E-state index contributed by atoms with van der Waals surface area (Å²) in [5.41, 5.74) is 5.25. The van der Waals surface area contributed by atoms with Gasteiger partial charge in [-0.1, -0.05) is 12.1 Å². The molecule has 1 aromatic heterocycles. The third-order valence-corrected chi connectivity index (χ3v) is 5.90. The van der Waals surface area contributed by atoms with Crippen molar-refractivity contribution in [3.8, 4) is 11.3 Å². The molecule has 2 aliphatic carbocycles. The zero-order valence-corrected chi connectivity index (χ0v) is 15.0. The second-order valence-corrected chi connectivity index (χ2v) is 7.67. The molecule has 1 amide bonds. The lowest BCUT2D eigenvalue weighted by Crippen LogP contribution is -2.39. The van der Waals surface area contributed by atoms with Gasteiger partial charge in [0.05, 0.1) is 5.69 Å². The highest BCUT2D eigenvalue weighted by Crippen LogP contribution is 2.33. The number of aromatic nitrogens is 2. The predicted molar refractivity (Wildman–Crippen MR) is 101 cm³/mol. The Balaban J connectivity index is 1.50. The second-order valence-electron chi connectivity index (χ2n) is 7.67. The van der Waals surface area contributed by atoms with Crippen molar-refractivity contribution in [3.63, 3.8) is 0 Å².